The first-order chi connectivity index (χ1) is 14.2. The SMILES string of the molecule is COC(=O)c1ccc(C(F)(F)F)c(NC(C)C2CC3(C2)CN(C(=O)OC(C)(C)C)C3)c1. The van der Waals surface area contributed by atoms with Crippen LogP contribution in [-0.4, -0.2) is 48.8 Å². The molecule has 1 aliphatic carbocycles. The zero-order valence-electron chi connectivity index (χ0n) is 18.4. The van der Waals surface area contributed by atoms with Gasteiger partial charge in [0.1, 0.15) is 5.60 Å². The molecule has 3 rings (SSSR count). The Labute approximate surface area is 180 Å². The van der Waals surface area contributed by atoms with Gasteiger partial charge < -0.3 is 19.7 Å². The Morgan fingerprint density at radius 3 is 2.32 bits per heavy atom. The molecule has 1 aromatic rings. The van der Waals surface area contributed by atoms with E-state index < -0.39 is 23.3 Å². The zero-order valence-corrected chi connectivity index (χ0v) is 18.4. The molecule has 1 heterocycles. The Hall–Kier alpha value is -2.45. The number of benzene rings is 1. The van der Waals surface area contributed by atoms with E-state index in [1.165, 1.54) is 13.2 Å². The average molecular weight is 442 g/mol. The van der Waals surface area contributed by atoms with Crippen LogP contribution < -0.4 is 5.32 Å². The van der Waals surface area contributed by atoms with E-state index in [0.29, 0.717) is 13.1 Å². The average Bonchev–Trinajstić information content (AvgIpc) is 2.55. The van der Waals surface area contributed by atoms with Gasteiger partial charge in [-0.05, 0) is 64.7 Å². The van der Waals surface area contributed by atoms with Crippen LogP contribution in [0.5, 0.6) is 0 Å². The Morgan fingerprint density at radius 1 is 1.19 bits per heavy atom. The van der Waals surface area contributed by atoms with Crippen LogP contribution in [0, 0.1) is 11.3 Å². The van der Waals surface area contributed by atoms with Crippen molar-refractivity contribution in [2.45, 2.75) is 58.4 Å². The minimum Gasteiger partial charge on any atom is -0.465 e. The number of likely N-dealkylation sites (tertiary alicyclic amines) is 1. The second-order valence-corrected chi connectivity index (χ2v) is 9.69. The molecule has 0 radical (unpaired) electrons. The van der Waals surface area contributed by atoms with Gasteiger partial charge in [-0.3, -0.25) is 0 Å². The number of hydrogen-bond donors (Lipinski definition) is 1. The highest BCUT2D eigenvalue weighted by atomic mass is 19.4. The minimum absolute atomic E-state index is 0.0260. The number of esters is 1. The summed E-state index contributed by atoms with van der Waals surface area (Å²) in [5, 5.41) is 2.96. The molecule has 1 N–H and O–H groups in total. The molecule has 2 aliphatic rings. The molecule has 1 spiro atoms. The van der Waals surface area contributed by atoms with E-state index in [9.17, 15) is 22.8 Å². The Kier molecular flexibility index (Phi) is 5.92. The van der Waals surface area contributed by atoms with Crippen LogP contribution in [0.2, 0.25) is 0 Å². The molecule has 2 fully saturated rings. The van der Waals surface area contributed by atoms with Gasteiger partial charge in [-0.2, -0.15) is 13.2 Å². The fourth-order valence-corrected chi connectivity index (χ4v) is 4.40. The lowest BCUT2D eigenvalue weighted by Gasteiger charge is -2.60. The summed E-state index contributed by atoms with van der Waals surface area (Å²) in [4.78, 5) is 25.5. The van der Waals surface area contributed by atoms with Crippen molar-refractivity contribution in [1.29, 1.82) is 0 Å². The number of anilines is 1. The van der Waals surface area contributed by atoms with Crippen molar-refractivity contribution in [2.75, 3.05) is 25.5 Å². The third-order valence-corrected chi connectivity index (χ3v) is 5.93. The molecular formula is C22H29F3N2O4. The molecular weight excluding hydrogens is 413 g/mol. The molecule has 1 saturated heterocycles. The van der Waals surface area contributed by atoms with Crippen molar-refractivity contribution in [3.63, 3.8) is 0 Å². The second-order valence-electron chi connectivity index (χ2n) is 9.69. The third kappa shape index (κ3) is 5.07. The summed E-state index contributed by atoms with van der Waals surface area (Å²) < 4.78 is 50.3. The molecule has 1 aliphatic heterocycles. The second kappa shape index (κ2) is 7.91. The van der Waals surface area contributed by atoms with E-state index in [0.717, 1.165) is 25.0 Å². The maximum Gasteiger partial charge on any atom is 0.418 e. The van der Waals surface area contributed by atoms with Crippen LogP contribution in [0.4, 0.5) is 23.7 Å². The molecule has 1 amide bonds. The van der Waals surface area contributed by atoms with Crippen molar-refractivity contribution >= 4 is 17.7 Å². The van der Waals surface area contributed by atoms with Crippen LogP contribution >= 0.6 is 0 Å². The number of ether oxygens (including phenoxy) is 2. The minimum atomic E-state index is -4.54. The largest absolute Gasteiger partial charge is 0.465 e. The zero-order chi connectivity index (χ0) is 23.2. The number of methoxy groups -OCH3 is 1. The van der Waals surface area contributed by atoms with Gasteiger partial charge in [-0.25, -0.2) is 9.59 Å². The lowest BCUT2D eigenvalue weighted by atomic mass is 9.56. The first-order valence-electron chi connectivity index (χ1n) is 10.3. The van der Waals surface area contributed by atoms with Gasteiger partial charge in [0.05, 0.1) is 18.2 Å². The summed E-state index contributed by atoms with van der Waals surface area (Å²) >= 11 is 0. The molecule has 1 saturated carbocycles. The summed E-state index contributed by atoms with van der Waals surface area (Å²) in [6, 6.07) is 2.97. The highest BCUT2D eigenvalue weighted by molar-refractivity contribution is 5.90. The normalized spacial score (nSPS) is 19.3. The van der Waals surface area contributed by atoms with Gasteiger partial charge in [0, 0.05) is 30.2 Å². The smallest absolute Gasteiger partial charge is 0.418 e. The van der Waals surface area contributed by atoms with Crippen molar-refractivity contribution in [1.82, 2.24) is 4.90 Å². The van der Waals surface area contributed by atoms with Gasteiger partial charge in [0.2, 0.25) is 0 Å². The molecule has 31 heavy (non-hydrogen) atoms. The van der Waals surface area contributed by atoms with Crippen LogP contribution in [0.15, 0.2) is 18.2 Å². The van der Waals surface area contributed by atoms with E-state index in [2.05, 4.69) is 10.1 Å². The summed E-state index contributed by atoms with van der Waals surface area (Å²) in [5.41, 5.74) is -1.41. The molecule has 1 aromatic carbocycles. The van der Waals surface area contributed by atoms with Crippen molar-refractivity contribution in [2.24, 2.45) is 11.3 Å². The number of nitrogens with zero attached hydrogens (tertiary/aromatic N) is 1. The topological polar surface area (TPSA) is 67.9 Å². The predicted molar refractivity (Wildman–Crippen MR) is 109 cm³/mol. The number of nitrogens with one attached hydrogen (secondary N) is 1. The Morgan fingerprint density at radius 2 is 1.81 bits per heavy atom. The monoisotopic (exact) mass is 442 g/mol. The number of carbonyl (C=O) groups is 2. The number of halogens is 3. The van der Waals surface area contributed by atoms with Crippen LogP contribution in [-0.2, 0) is 15.7 Å². The lowest BCUT2D eigenvalue weighted by molar-refractivity contribution is -0.137. The van der Waals surface area contributed by atoms with Crippen molar-refractivity contribution in [3.8, 4) is 0 Å². The number of alkyl halides is 3. The summed E-state index contributed by atoms with van der Waals surface area (Å²) in [5.74, 6) is -0.521. The Balaban J connectivity index is 1.61. The predicted octanol–water partition coefficient (Wildman–Crippen LogP) is 4.94. The van der Waals surface area contributed by atoms with Crippen LogP contribution in [0.25, 0.3) is 0 Å². The highest BCUT2D eigenvalue weighted by Crippen LogP contribution is 2.53. The molecule has 9 heteroatoms. The fourth-order valence-electron chi connectivity index (χ4n) is 4.40. The van der Waals surface area contributed by atoms with E-state index in [4.69, 9.17) is 4.74 Å². The van der Waals surface area contributed by atoms with E-state index in [1.54, 1.807) is 4.90 Å². The maximum atomic E-state index is 13.4. The van der Waals surface area contributed by atoms with Gasteiger partial charge in [0.15, 0.2) is 0 Å². The van der Waals surface area contributed by atoms with Crippen molar-refractivity contribution < 1.29 is 32.2 Å². The maximum absolute atomic E-state index is 13.4. The first-order valence-corrected chi connectivity index (χ1v) is 10.3. The standard InChI is InChI=1S/C22H29F3N2O4/c1-13(15-9-21(10-15)11-27(12-21)19(29)31-20(2,3)4)26-17-8-14(18(28)30-5)6-7-16(17)22(23,24)25/h6-8,13,15,26H,9-12H2,1-5H3. The van der Waals surface area contributed by atoms with E-state index in [-0.39, 0.29) is 34.7 Å². The van der Waals surface area contributed by atoms with Gasteiger partial charge in [0.25, 0.3) is 0 Å². The molecule has 1 unspecified atom stereocenters. The lowest BCUT2D eigenvalue weighted by Crippen LogP contribution is -2.65. The Bertz CT molecular complexity index is 849. The summed E-state index contributed by atoms with van der Waals surface area (Å²) in [6.45, 7) is 8.51. The van der Waals surface area contributed by atoms with Gasteiger partial charge in [-0.1, -0.05) is 0 Å². The highest BCUT2D eigenvalue weighted by Gasteiger charge is 2.55. The number of carbonyl (C=O) groups excluding carboxylic acids is 2. The molecule has 1 atom stereocenters. The quantitative estimate of drug-likeness (QED) is 0.669. The summed E-state index contributed by atoms with van der Waals surface area (Å²) in [6.07, 6.45) is -3.24. The summed E-state index contributed by atoms with van der Waals surface area (Å²) in [7, 11) is 1.18. The number of rotatable bonds is 4. The third-order valence-electron chi connectivity index (χ3n) is 5.93. The molecule has 172 valence electrons. The molecule has 0 bridgehead atoms. The van der Waals surface area contributed by atoms with Crippen LogP contribution in [0.3, 0.4) is 0 Å². The van der Waals surface area contributed by atoms with Gasteiger partial charge >= 0.3 is 18.2 Å². The molecule has 0 aromatic heterocycles. The molecule has 6 nitrogen and oxygen atoms in total. The van der Waals surface area contributed by atoms with E-state index >= 15 is 0 Å². The van der Waals surface area contributed by atoms with Gasteiger partial charge in [-0.15, -0.1) is 0 Å². The van der Waals surface area contributed by atoms with Crippen LogP contribution in [0.1, 0.15) is 56.5 Å². The number of amides is 1. The fraction of sp³-hybridized carbons (Fsp3) is 0.636. The first kappa shape index (κ1) is 23.2. The van der Waals surface area contributed by atoms with E-state index in [1.807, 2.05) is 27.7 Å². The van der Waals surface area contributed by atoms with Crippen molar-refractivity contribution in [3.05, 3.63) is 29.3 Å². The number of hydrogen-bond acceptors (Lipinski definition) is 5.